The zero-order valence-electron chi connectivity index (χ0n) is 5.82. The zero-order chi connectivity index (χ0) is 8.85. The number of carbonyl (C=O) groups excluding carboxylic acids is 1. The first-order chi connectivity index (χ1) is 5.13. The molecule has 0 saturated heterocycles. The molecule has 0 spiro atoms. The molecule has 0 saturated carbocycles. The second-order valence-corrected chi connectivity index (χ2v) is 1.61. The number of hydrogen-bond acceptors (Lipinski definition) is 3. The Morgan fingerprint density at radius 2 is 2.00 bits per heavy atom. The highest BCUT2D eigenvalue weighted by molar-refractivity contribution is 6.01. The van der Waals surface area contributed by atoms with E-state index in [2.05, 4.69) is 13.2 Å². The van der Waals surface area contributed by atoms with E-state index in [1.54, 1.807) is 0 Å². The average molecular weight is 153 g/mol. The van der Waals surface area contributed by atoms with Crippen molar-refractivity contribution in [3.8, 4) is 0 Å². The Bertz CT molecular complexity index is 240. The Kier molecular flexibility index (Phi) is 3.51. The van der Waals surface area contributed by atoms with Crippen LogP contribution in [0.1, 0.15) is 0 Å². The van der Waals surface area contributed by atoms with Crippen molar-refractivity contribution in [3.63, 3.8) is 0 Å². The van der Waals surface area contributed by atoms with Gasteiger partial charge in [0.1, 0.15) is 0 Å². The number of ketones is 1. The van der Waals surface area contributed by atoms with Crippen LogP contribution in [0.4, 0.5) is 0 Å². The number of allylic oxidation sites excluding steroid dienone is 3. The van der Waals surface area contributed by atoms with Crippen LogP contribution >= 0.6 is 0 Å². The minimum absolute atomic E-state index is 0.519. The van der Waals surface area contributed by atoms with Gasteiger partial charge in [-0.15, -0.1) is 0 Å². The molecule has 0 amide bonds. The van der Waals surface area contributed by atoms with E-state index < -0.39 is 16.4 Å². The van der Waals surface area contributed by atoms with E-state index in [0.29, 0.717) is 0 Å². The standard InChI is InChI=1S/C7H7NO3/c1-3-5-6(8(10)11)7(9)4-2/h3-5H,1-2H2. The molecule has 0 fully saturated rings. The van der Waals surface area contributed by atoms with E-state index in [1.165, 1.54) is 6.08 Å². The fraction of sp³-hybridized carbons (Fsp3) is 0. The fourth-order valence-electron chi connectivity index (χ4n) is 0.449. The van der Waals surface area contributed by atoms with Crippen molar-refractivity contribution in [2.45, 2.75) is 0 Å². The minimum Gasteiger partial charge on any atom is -0.282 e. The van der Waals surface area contributed by atoms with Gasteiger partial charge in [0.15, 0.2) is 0 Å². The van der Waals surface area contributed by atoms with Gasteiger partial charge in [0.25, 0.3) is 5.78 Å². The van der Waals surface area contributed by atoms with Crippen LogP contribution in [0.5, 0.6) is 0 Å². The van der Waals surface area contributed by atoms with Crippen LogP contribution in [0.3, 0.4) is 0 Å². The molecule has 0 aromatic rings. The van der Waals surface area contributed by atoms with Crippen molar-refractivity contribution < 1.29 is 9.72 Å². The molecule has 58 valence electrons. The largest absolute Gasteiger partial charge is 0.316 e. The van der Waals surface area contributed by atoms with E-state index in [4.69, 9.17) is 0 Å². The molecule has 0 unspecified atom stereocenters. The predicted octanol–water partition coefficient (Wildman–Crippen LogP) is 1.09. The molecule has 4 heteroatoms. The molecular formula is C7H7NO3. The first kappa shape index (κ1) is 9.29. The maximum absolute atomic E-state index is 10.7. The van der Waals surface area contributed by atoms with Gasteiger partial charge >= 0.3 is 5.70 Å². The third-order valence-corrected chi connectivity index (χ3v) is 0.910. The summed E-state index contributed by atoms with van der Waals surface area (Å²) in [5.41, 5.74) is -0.519. The normalized spacial score (nSPS) is 10.4. The Morgan fingerprint density at radius 3 is 2.27 bits per heavy atom. The third kappa shape index (κ3) is 2.57. The summed E-state index contributed by atoms with van der Waals surface area (Å²) in [5.74, 6) is -0.713. The number of nitro groups is 1. The van der Waals surface area contributed by atoms with Gasteiger partial charge in [-0.3, -0.25) is 14.9 Å². The van der Waals surface area contributed by atoms with Gasteiger partial charge in [-0.25, -0.2) is 0 Å². The highest BCUT2D eigenvalue weighted by Gasteiger charge is 2.16. The van der Waals surface area contributed by atoms with Crippen molar-refractivity contribution in [3.05, 3.63) is 47.2 Å². The molecule has 0 aliphatic heterocycles. The molecule has 0 rings (SSSR count). The second-order valence-electron chi connectivity index (χ2n) is 1.61. The summed E-state index contributed by atoms with van der Waals surface area (Å²) < 4.78 is 0. The van der Waals surface area contributed by atoms with Crippen molar-refractivity contribution in [1.82, 2.24) is 0 Å². The maximum Gasteiger partial charge on any atom is 0.316 e. The molecule has 0 aliphatic carbocycles. The Hall–Kier alpha value is -1.71. The van der Waals surface area contributed by atoms with Gasteiger partial charge in [0.2, 0.25) is 0 Å². The van der Waals surface area contributed by atoms with Crippen LogP contribution in [0.25, 0.3) is 0 Å². The van der Waals surface area contributed by atoms with Crippen LogP contribution in [-0.2, 0) is 4.79 Å². The molecule has 0 bridgehead atoms. The lowest BCUT2D eigenvalue weighted by Gasteiger charge is -1.88. The number of hydrogen-bond donors (Lipinski definition) is 0. The smallest absolute Gasteiger partial charge is 0.282 e. The molecule has 0 heterocycles. The Morgan fingerprint density at radius 1 is 1.45 bits per heavy atom. The summed E-state index contributed by atoms with van der Waals surface area (Å²) in [4.78, 5) is 20.0. The summed E-state index contributed by atoms with van der Waals surface area (Å²) in [6.07, 6.45) is 3.10. The molecule has 0 aromatic heterocycles. The Balaban J connectivity index is 4.74. The van der Waals surface area contributed by atoms with Gasteiger partial charge in [-0.2, -0.15) is 0 Å². The average Bonchev–Trinajstić information content (AvgIpc) is 1.98. The van der Waals surface area contributed by atoms with Crippen molar-refractivity contribution in [2.75, 3.05) is 0 Å². The van der Waals surface area contributed by atoms with E-state index in [-0.39, 0.29) is 0 Å². The minimum atomic E-state index is -0.772. The lowest BCUT2D eigenvalue weighted by Crippen LogP contribution is -2.07. The van der Waals surface area contributed by atoms with Crippen molar-refractivity contribution in [2.24, 2.45) is 0 Å². The molecule has 0 aliphatic rings. The molecule has 0 aromatic carbocycles. The molecule has 11 heavy (non-hydrogen) atoms. The second kappa shape index (κ2) is 4.16. The van der Waals surface area contributed by atoms with E-state index in [1.807, 2.05) is 0 Å². The topological polar surface area (TPSA) is 60.2 Å². The molecule has 0 radical (unpaired) electrons. The van der Waals surface area contributed by atoms with Gasteiger partial charge in [0.05, 0.1) is 4.92 Å². The monoisotopic (exact) mass is 153 g/mol. The lowest BCUT2D eigenvalue weighted by atomic mass is 10.3. The van der Waals surface area contributed by atoms with Crippen molar-refractivity contribution in [1.29, 1.82) is 0 Å². The molecule has 0 atom stereocenters. The van der Waals surface area contributed by atoms with E-state index >= 15 is 0 Å². The van der Waals surface area contributed by atoms with Gasteiger partial charge in [0, 0.05) is 6.08 Å². The number of nitrogens with zero attached hydrogens (tertiary/aromatic N) is 1. The first-order valence-corrected chi connectivity index (χ1v) is 2.77. The summed E-state index contributed by atoms with van der Waals surface area (Å²) in [5, 5.41) is 10.1. The molecule has 4 nitrogen and oxygen atoms in total. The quantitative estimate of drug-likeness (QED) is 0.263. The third-order valence-electron chi connectivity index (χ3n) is 0.910. The van der Waals surface area contributed by atoms with Gasteiger partial charge in [-0.1, -0.05) is 19.2 Å². The van der Waals surface area contributed by atoms with Gasteiger partial charge in [-0.05, 0) is 6.08 Å². The highest BCUT2D eigenvalue weighted by atomic mass is 16.6. The summed E-state index contributed by atoms with van der Waals surface area (Å²) >= 11 is 0. The van der Waals surface area contributed by atoms with Crippen LogP contribution in [0.15, 0.2) is 37.1 Å². The van der Waals surface area contributed by atoms with Crippen LogP contribution < -0.4 is 0 Å². The van der Waals surface area contributed by atoms with Crippen LogP contribution in [0, 0.1) is 10.1 Å². The highest BCUT2D eigenvalue weighted by Crippen LogP contribution is 1.97. The van der Waals surface area contributed by atoms with Crippen molar-refractivity contribution >= 4 is 5.78 Å². The zero-order valence-corrected chi connectivity index (χ0v) is 5.82. The predicted molar refractivity (Wildman–Crippen MR) is 40.5 cm³/mol. The number of rotatable bonds is 4. The Labute approximate surface area is 63.7 Å². The fourth-order valence-corrected chi connectivity index (χ4v) is 0.449. The van der Waals surface area contributed by atoms with E-state index in [0.717, 1.165) is 12.2 Å². The maximum atomic E-state index is 10.7. The first-order valence-electron chi connectivity index (χ1n) is 2.77. The molecular weight excluding hydrogens is 146 g/mol. The van der Waals surface area contributed by atoms with Crippen LogP contribution in [-0.4, -0.2) is 10.7 Å². The summed E-state index contributed by atoms with van der Waals surface area (Å²) in [6, 6.07) is 0. The van der Waals surface area contributed by atoms with E-state index in [9.17, 15) is 14.9 Å². The summed E-state index contributed by atoms with van der Waals surface area (Å²) in [6.45, 7) is 6.35. The lowest BCUT2D eigenvalue weighted by molar-refractivity contribution is -0.418. The van der Waals surface area contributed by atoms with Crippen LogP contribution in [0.2, 0.25) is 0 Å². The SMILES string of the molecule is C=CC=C(C(=O)C=C)[N+](=O)[O-]. The molecule has 0 N–H and O–H groups in total. The summed E-state index contributed by atoms with van der Waals surface area (Å²) in [7, 11) is 0. The van der Waals surface area contributed by atoms with Gasteiger partial charge < -0.3 is 0 Å². The number of carbonyl (C=O) groups is 1.